The number of benzene rings is 2. The number of piperidine rings is 2. The molecule has 0 amide bonds. The first-order chi connectivity index (χ1) is 16.1. The second-order valence-corrected chi connectivity index (χ2v) is 10.3. The van der Waals surface area contributed by atoms with E-state index in [1.165, 1.54) is 37.1 Å². The van der Waals surface area contributed by atoms with Crippen molar-refractivity contribution in [2.24, 2.45) is 10.8 Å². The zero-order valence-electron chi connectivity index (χ0n) is 19.9. The molecule has 3 saturated heterocycles. The fourth-order valence-electron chi connectivity index (χ4n) is 5.10. The number of nitrogens with zero attached hydrogens (tertiary/aromatic N) is 2. The van der Waals surface area contributed by atoms with Gasteiger partial charge in [-0.1, -0.05) is 60.7 Å². The van der Waals surface area contributed by atoms with Gasteiger partial charge in [0.2, 0.25) is 0 Å². The van der Waals surface area contributed by atoms with Crippen LogP contribution in [0.2, 0.25) is 0 Å². The first kappa shape index (κ1) is 24.4. The van der Waals surface area contributed by atoms with Gasteiger partial charge in [0.25, 0.3) is 0 Å². The molecule has 3 aliphatic heterocycles. The van der Waals surface area contributed by atoms with Crippen LogP contribution in [0.25, 0.3) is 0 Å². The first-order valence-corrected chi connectivity index (χ1v) is 12.5. The average Bonchev–Trinajstić information content (AvgIpc) is 2.86. The summed E-state index contributed by atoms with van der Waals surface area (Å²) in [5.41, 5.74) is 3.08. The van der Waals surface area contributed by atoms with Crippen molar-refractivity contribution in [3.05, 3.63) is 71.8 Å². The fraction of sp³-hybridized carbons (Fsp3) is 0.571. The van der Waals surface area contributed by atoms with Crippen molar-refractivity contribution < 1.29 is 14.9 Å². The minimum Gasteiger partial charge on any atom is -0.396 e. The molecule has 5 nitrogen and oxygen atoms in total. The molecule has 3 aliphatic rings. The van der Waals surface area contributed by atoms with Gasteiger partial charge < -0.3 is 14.9 Å². The summed E-state index contributed by atoms with van der Waals surface area (Å²) in [6, 6.07) is 21.2. The van der Waals surface area contributed by atoms with Crippen molar-refractivity contribution >= 4 is 0 Å². The molecule has 3 fully saturated rings. The molecule has 0 saturated carbocycles. The molecule has 0 aliphatic carbocycles. The number of ether oxygens (including phenoxy) is 1. The van der Waals surface area contributed by atoms with E-state index in [-0.39, 0.29) is 18.6 Å². The highest BCUT2D eigenvalue weighted by atomic mass is 16.5. The molecule has 2 aromatic rings. The van der Waals surface area contributed by atoms with Crippen LogP contribution in [0, 0.1) is 10.8 Å². The second kappa shape index (κ2) is 11.6. The molecule has 2 N–H and O–H groups in total. The van der Waals surface area contributed by atoms with E-state index in [4.69, 9.17) is 4.74 Å². The maximum Gasteiger partial charge on any atom is 0.0545 e. The monoisotopic (exact) mass is 452 g/mol. The Labute approximate surface area is 199 Å². The molecule has 0 bridgehead atoms. The quantitative estimate of drug-likeness (QED) is 0.702. The number of aliphatic hydroxyl groups is 2. The van der Waals surface area contributed by atoms with Crippen LogP contribution >= 0.6 is 0 Å². The molecule has 2 aromatic carbocycles. The van der Waals surface area contributed by atoms with E-state index in [1.54, 1.807) is 0 Å². The molecule has 0 aromatic heterocycles. The summed E-state index contributed by atoms with van der Waals surface area (Å²) >= 11 is 0. The molecular formula is C28H40N2O3. The van der Waals surface area contributed by atoms with Gasteiger partial charge in [-0.25, -0.2) is 0 Å². The highest BCUT2D eigenvalue weighted by Crippen LogP contribution is 2.38. The normalized spacial score (nSPS) is 22.2. The first-order valence-electron chi connectivity index (χ1n) is 12.5. The van der Waals surface area contributed by atoms with Crippen LogP contribution in [0.1, 0.15) is 36.8 Å². The third kappa shape index (κ3) is 6.65. The lowest BCUT2D eigenvalue weighted by molar-refractivity contribution is -0.140. The third-order valence-corrected chi connectivity index (χ3v) is 7.82. The lowest BCUT2D eigenvalue weighted by atomic mass is 9.77. The number of hydrogen-bond acceptors (Lipinski definition) is 5. The molecular weight excluding hydrogens is 412 g/mol. The van der Waals surface area contributed by atoms with Gasteiger partial charge in [-0.15, -0.1) is 0 Å². The van der Waals surface area contributed by atoms with Gasteiger partial charge in [0.15, 0.2) is 0 Å². The Morgan fingerprint density at radius 3 is 1.42 bits per heavy atom. The standard InChI is InChI=1S/C14H21NO2.C14H19NO/c16-11-14(12-17)6-8-15(9-7-14)10-13-4-2-1-3-5-13;1-2-4-13(5-3-1)10-15-8-6-14(7-9-15)11-16-12-14/h1-5,16-17H,6-12H2;1-5H,6-12H2. The molecule has 180 valence electrons. The summed E-state index contributed by atoms with van der Waals surface area (Å²) in [5, 5.41) is 18.7. The summed E-state index contributed by atoms with van der Waals surface area (Å²) in [7, 11) is 0. The van der Waals surface area contributed by atoms with Gasteiger partial charge in [-0.05, 0) is 63.0 Å². The molecule has 33 heavy (non-hydrogen) atoms. The summed E-state index contributed by atoms with van der Waals surface area (Å²) in [4.78, 5) is 4.96. The Morgan fingerprint density at radius 2 is 1.06 bits per heavy atom. The highest BCUT2D eigenvalue weighted by molar-refractivity contribution is 5.15. The van der Waals surface area contributed by atoms with Crippen LogP contribution < -0.4 is 0 Å². The van der Waals surface area contributed by atoms with E-state index < -0.39 is 0 Å². The van der Waals surface area contributed by atoms with Gasteiger partial charge in [-0.2, -0.15) is 0 Å². The molecule has 0 unspecified atom stereocenters. The Balaban J connectivity index is 0.000000157. The van der Waals surface area contributed by atoms with Crippen LogP contribution in [-0.4, -0.2) is 72.6 Å². The highest BCUT2D eigenvalue weighted by Gasteiger charge is 2.40. The Bertz CT molecular complexity index is 802. The van der Waals surface area contributed by atoms with Crippen molar-refractivity contribution in [3.63, 3.8) is 0 Å². The van der Waals surface area contributed by atoms with Gasteiger partial charge >= 0.3 is 0 Å². The molecule has 0 radical (unpaired) electrons. The molecule has 5 heteroatoms. The smallest absolute Gasteiger partial charge is 0.0545 e. The Morgan fingerprint density at radius 1 is 0.636 bits per heavy atom. The van der Waals surface area contributed by atoms with Crippen molar-refractivity contribution in [1.29, 1.82) is 0 Å². The summed E-state index contributed by atoms with van der Waals surface area (Å²) in [6.07, 6.45) is 4.40. The third-order valence-electron chi connectivity index (χ3n) is 7.82. The molecule has 3 heterocycles. The van der Waals surface area contributed by atoms with E-state index in [0.29, 0.717) is 5.41 Å². The van der Waals surface area contributed by atoms with Crippen molar-refractivity contribution in [3.8, 4) is 0 Å². The summed E-state index contributed by atoms with van der Waals surface area (Å²) in [5.74, 6) is 0. The fourth-order valence-corrected chi connectivity index (χ4v) is 5.10. The lowest BCUT2D eigenvalue weighted by Crippen LogP contribution is -2.50. The van der Waals surface area contributed by atoms with E-state index in [9.17, 15) is 10.2 Å². The van der Waals surface area contributed by atoms with E-state index in [2.05, 4.69) is 64.4 Å². The topological polar surface area (TPSA) is 56.2 Å². The zero-order valence-corrected chi connectivity index (χ0v) is 19.9. The van der Waals surface area contributed by atoms with Gasteiger partial charge in [0.05, 0.1) is 26.4 Å². The van der Waals surface area contributed by atoms with Crippen LogP contribution in [0.3, 0.4) is 0 Å². The van der Waals surface area contributed by atoms with Crippen LogP contribution in [0.15, 0.2) is 60.7 Å². The molecule has 0 atom stereocenters. The SMILES string of the molecule is OCC1(CO)CCN(Cc2ccccc2)CC1.c1ccc(CN2CCC3(CC2)COC3)cc1. The second-order valence-electron chi connectivity index (χ2n) is 10.3. The predicted molar refractivity (Wildman–Crippen MR) is 132 cm³/mol. The van der Waals surface area contributed by atoms with Crippen LogP contribution in [0.4, 0.5) is 0 Å². The number of hydrogen-bond donors (Lipinski definition) is 2. The minimum absolute atomic E-state index is 0.0999. The molecule has 1 spiro atoms. The zero-order chi connectivity index (χ0) is 23.0. The number of likely N-dealkylation sites (tertiary alicyclic amines) is 2. The molecule has 5 rings (SSSR count). The average molecular weight is 453 g/mol. The van der Waals surface area contributed by atoms with Crippen molar-refractivity contribution in [2.75, 3.05) is 52.6 Å². The van der Waals surface area contributed by atoms with E-state index >= 15 is 0 Å². The number of rotatable bonds is 6. The largest absolute Gasteiger partial charge is 0.396 e. The lowest BCUT2D eigenvalue weighted by Gasteiger charge is -2.47. The van der Waals surface area contributed by atoms with E-state index in [0.717, 1.165) is 52.2 Å². The Hall–Kier alpha value is -1.76. The van der Waals surface area contributed by atoms with Crippen molar-refractivity contribution in [2.45, 2.75) is 38.8 Å². The van der Waals surface area contributed by atoms with Crippen LogP contribution in [0.5, 0.6) is 0 Å². The maximum atomic E-state index is 9.34. The van der Waals surface area contributed by atoms with Crippen molar-refractivity contribution in [1.82, 2.24) is 9.80 Å². The van der Waals surface area contributed by atoms with Crippen LogP contribution in [-0.2, 0) is 17.8 Å². The maximum absolute atomic E-state index is 9.34. The minimum atomic E-state index is -0.243. The summed E-state index contributed by atoms with van der Waals surface area (Å²) < 4.78 is 5.35. The van der Waals surface area contributed by atoms with Gasteiger partial charge in [0, 0.05) is 23.9 Å². The number of aliphatic hydroxyl groups excluding tert-OH is 2. The predicted octanol–water partition coefficient (Wildman–Crippen LogP) is 3.55. The summed E-state index contributed by atoms with van der Waals surface area (Å²) in [6.45, 7) is 8.66. The van der Waals surface area contributed by atoms with Gasteiger partial charge in [0.1, 0.15) is 0 Å². The Kier molecular flexibility index (Phi) is 8.55. The van der Waals surface area contributed by atoms with Gasteiger partial charge in [-0.3, -0.25) is 9.80 Å². The van der Waals surface area contributed by atoms with E-state index in [1.807, 2.05) is 6.07 Å².